The predicted molar refractivity (Wildman–Crippen MR) is 94.5 cm³/mol. The molecule has 0 spiro atoms. The maximum atomic E-state index is 12.5. The Balaban J connectivity index is 2.24. The number of hydrogen-bond donors (Lipinski definition) is 2. The number of rotatable bonds is 6. The molecule has 1 saturated heterocycles. The summed E-state index contributed by atoms with van der Waals surface area (Å²) in [5.74, 6) is -2.91. The second kappa shape index (κ2) is 7.59. The van der Waals surface area contributed by atoms with Gasteiger partial charge in [0, 0.05) is 6.42 Å². The quantitative estimate of drug-likeness (QED) is 0.591. The summed E-state index contributed by atoms with van der Waals surface area (Å²) in [7, 11) is 0. The molecular weight excluding hydrogens is 350 g/mol. The highest BCUT2D eigenvalue weighted by atomic mass is 32.2. The number of carbonyl (C=O) groups excluding carboxylic acids is 1. The van der Waals surface area contributed by atoms with Gasteiger partial charge in [-0.1, -0.05) is 53.8 Å². The maximum Gasteiger partial charge on any atom is 0.326 e. The van der Waals surface area contributed by atoms with E-state index in [2.05, 4.69) is 0 Å². The van der Waals surface area contributed by atoms with Crippen molar-refractivity contribution in [2.24, 2.45) is 0 Å². The fraction of sp³-hybridized carbons (Fsp3) is 0.250. The normalized spacial score (nSPS) is 17.4. The minimum atomic E-state index is -1.28. The highest BCUT2D eigenvalue weighted by Crippen LogP contribution is 2.34. The second-order valence-corrected chi connectivity index (χ2v) is 6.92. The number of aliphatic carboxylic acids is 2. The zero-order valence-electron chi connectivity index (χ0n) is 12.8. The van der Waals surface area contributed by atoms with Crippen molar-refractivity contribution in [2.45, 2.75) is 25.8 Å². The summed E-state index contributed by atoms with van der Waals surface area (Å²) in [6.07, 6.45) is 1.09. The lowest BCUT2D eigenvalue weighted by Crippen LogP contribution is -2.44. The van der Waals surface area contributed by atoms with E-state index in [0.29, 0.717) is 4.91 Å². The molecule has 1 aromatic carbocycles. The molecule has 6 nitrogen and oxygen atoms in total. The summed E-state index contributed by atoms with van der Waals surface area (Å²) in [6.45, 7) is 1.95. The average molecular weight is 365 g/mol. The number of aryl methyl sites for hydroxylation is 1. The molecule has 1 aliphatic rings. The van der Waals surface area contributed by atoms with Crippen molar-refractivity contribution in [3.63, 3.8) is 0 Å². The van der Waals surface area contributed by atoms with Crippen LogP contribution in [0.1, 0.15) is 24.0 Å². The molecule has 1 unspecified atom stereocenters. The van der Waals surface area contributed by atoms with E-state index in [1.807, 2.05) is 31.2 Å². The Morgan fingerprint density at radius 1 is 1.29 bits per heavy atom. The first kappa shape index (κ1) is 18.2. The Hall–Kier alpha value is -2.19. The van der Waals surface area contributed by atoms with Gasteiger partial charge in [0.05, 0.1) is 4.91 Å². The molecule has 2 N–H and O–H groups in total. The molecule has 0 aliphatic carbocycles. The summed E-state index contributed by atoms with van der Waals surface area (Å²) in [4.78, 5) is 35.9. The number of carboxylic acid groups (broad SMARTS) is 2. The number of nitrogens with zero attached hydrogens (tertiary/aromatic N) is 1. The van der Waals surface area contributed by atoms with Crippen molar-refractivity contribution in [2.75, 3.05) is 0 Å². The fourth-order valence-corrected chi connectivity index (χ4v) is 3.54. The molecule has 0 bridgehead atoms. The molecule has 1 heterocycles. The first-order valence-electron chi connectivity index (χ1n) is 7.08. The van der Waals surface area contributed by atoms with Crippen LogP contribution in [-0.4, -0.2) is 43.3 Å². The van der Waals surface area contributed by atoms with Crippen LogP contribution in [-0.2, 0) is 14.4 Å². The van der Waals surface area contributed by atoms with Gasteiger partial charge in [0.15, 0.2) is 0 Å². The van der Waals surface area contributed by atoms with E-state index in [-0.39, 0.29) is 17.2 Å². The van der Waals surface area contributed by atoms with Crippen LogP contribution < -0.4 is 0 Å². The van der Waals surface area contributed by atoms with Crippen LogP contribution in [0.5, 0.6) is 0 Å². The minimum Gasteiger partial charge on any atom is -0.481 e. The van der Waals surface area contributed by atoms with E-state index in [1.54, 1.807) is 6.08 Å². The average Bonchev–Trinajstić information content (AvgIpc) is 2.77. The minimum absolute atomic E-state index is 0.121. The number of thioether (sulfide) groups is 1. The molecule has 0 aromatic heterocycles. The van der Waals surface area contributed by atoms with Crippen molar-refractivity contribution in [1.82, 2.24) is 4.90 Å². The zero-order chi connectivity index (χ0) is 17.9. The maximum absolute atomic E-state index is 12.5. The number of amides is 1. The Morgan fingerprint density at radius 3 is 2.46 bits per heavy atom. The third-order valence-electron chi connectivity index (χ3n) is 3.43. The smallest absolute Gasteiger partial charge is 0.326 e. The number of carbonyl (C=O) groups is 3. The standard InChI is InChI=1S/C16H15NO5S2/c1-9-2-4-10(5-3-9)8-12-14(20)17(16(23)24-12)11(15(21)22)6-7-13(18)19/h2-5,8,11H,6-7H2,1H3,(H,18,19)(H,21,22). The van der Waals surface area contributed by atoms with E-state index in [1.165, 1.54) is 0 Å². The monoisotopic (exact) mass is 365 g/mol. The van der Waals surface area contributed by atoms with Gasteiger partial charge in [-0.25, -0.2) is 4.79 Å². The Morgan fingerprint density at radius 2 is 1.92 bits per heavy atom. The van der Waals surface area contributed by atoms with Gasteiger partial charge in [-0.2, -0.15) is 0 Å². The zero-order valence-corrected chi connectivity index (χ0v) is 14.4. The number of benzene rings is 1. The van der Waals surface area contributed by atoms with Crippen LogP contribution in [0.25, 0.3) is 6.08 Å². The second-order valence-electron chi connectivity index (χ2n) is 5.25. The van der Waals surface area contributed by atoms with E-state index >= 15 is 0 Å². The van der Waals surface area contributed by atoms with E-state index in [4.69, 9.17) is 17.3 Å². The lowest BCUT2D eigenvalue weighted by atomic mass is 10.1. The van der Waals surface area contributed by atoms with Gasteiger partial charge in [-0.05, 0) is 25.0 Å². The Kier molecular flexibility index (Phi) is 5.74. The number of hydrogen-bond acceptors (Lipinski definition) is 5. The summed E-state index contributed by atoms with van der Waals surface area (Å²) in [5.41, 5.74) is 1.89. The van der Waals surface area contributed by atoms with E-state index in [9.17, 15) is 19.5 Å². The molecule has 1 fully saturated rings. The van der Waals surface area contributed by atoms with Crippen LogP contribution in [0.15, 0.2) is 29.2 Å². The van der Waals surface area contributed by atoms with E-state index < -0.39 is 23.9 Å². The highest BCUT2D eigenvalue weighted by molar-refractivity contribution is 8.26. The SMILES string of the molecule is Cc1ccc(C=C2SC(=S)N(C(CCC(=O)O)C(=O)O)C2=O)cc1. The summed E-state index contributed by atoms with van der Waals surface area (Å²) in [6, 6.07) is 6.22. The van der Waals surface area contributed by atoms with Crippen molar-refractivity contribution in [3.05, 3.63) is 40.3 Å². The van der Waals surface area contributed by atoms with Crippen molar-refractivity contribution in [3.8, 4) is 0 Å². The third kappa shape index (κ3) is 4.21. The number of thiocarbonyl (C=S) groups is 1. The molecule has 0 radical (unpaired) electrons. The summed E-state index contributed by atoms with van der Waals surface area (Å²) >= 11 is 6.14. The molecule has 8 heteroatoms. The molecule has 1 atom stereocenters. The lowest BCUT2D eigenvalue weighted by Gasteiger charge is -2.22. The molecular formula is C16H15NO5S2. The van der Waals surface area contributed by atoms with Crippen LogP contribution in [0.4, 0.5) is 0 Å². The lowest BCUT2D eigenvalue weighted by molar-refractivity contribution is -0.146. The highest BCUT2D eigenvalue weighted by Gasteiger charge is 2.40. The fourth-order valence-electron chi connectivity index (χ4n) is 2.19. The summed E-state index contributed by atoms with van der Waals surface area (Å²) in [5, 5.41) is 18.1. The van der Waals surface area contributed by atoms with Gasteiger partial charge in [0.2, 0.25) is 0 Å². The van der Waals surface area contributed by atoms with Gasteiger partial charge in [-0.3, -0.25) is 14.5 Å². The molecule has 24 heavy (non-hydrogen) atoms. The van der Waals surface area contributed by atoms with Gasteiger partial charge >= 0.3 is 11.9 Å². The largest absolute Gasteiger partial charge is 0.481 e. The van der Waals surface area contributed by atoms with Crippen LogP contribution in [0, 0.1) is 6.92 Å². The van der Waals surface area contributed by atoms with Crippen LogP contribution >= 0.6 is 24.0 Å². The van der Waals surface area contributed by atoms with Gasteiger partial charge in [0.1, 0.15) is 10.4 Å². The van der Waals surface area contributed by atoms with Crippen molar-refractivity contribution < 1.29 is 24.6 Å². The Bertz CT molecular complexity index is 726. The van der Waals surface area contributed by atoms with Gasteiger partial charge in [0.25, 0.3) is 5.91 Å². The molecule has 1 amide bonds. The van der Waals surface area contributed by atoms with Gasteiger partial charge < -0.3 is 10.2 Å². The topological polar surface area (TPSA) is 94.9 Å². The third-order valence-corrected chi connectivity index (χ3v) is 4.76. The van der Waals surface area contributed by atoms with Crippen molar-refractivity contribution in [1.29, 1.82) is 0 Å². The molecule has 1 aliphatic heterocycles. The number of carboxylic acids is 2. The van der Waals surface area contributed by atoms with Crippen LogP contribution in [0.3, 0.4) is 0 Å². The van der Waals surface area contributed by atoms with Crippen molar-refractivity contribution >= 4 is 52.2 Å². The predicted octanol–water partition coefficient (Wildman–Crippen LogP) is 2.51. The first-order valence-corrected chi connectivity index (χ1v) is 8.30. The first-order chi connectivity index (χ1) is 11.3. The van der Waals surface area contributed by atoms with Crippen LogP contribution in [0.2, 0.25) is 0 Å². The van der Waals surface area contributed by atoms with Gasteiger partial charge in [-0.15, -0.1) is 0 Å². The molecule has 0 saturated carbocycles. The van der Waals surface area contributed by atoms with E-state index in [0.717, 1.165) is 27.8 Å². The molecule has 2 rings (SSSR count). The Labute approximate surface area is 148 Å². The molecule has 126 valence electrons. The molecule has 1 aromatic rings. The summed E-state index contributed by atoms with van der Waals surface area (Å²) < 4.78 is 0.121.